The molecule has 1 aromatic rings. The Kier molecular flexibility index (Phi) is 7.19. The predicted molar refractivity (Wildman–Crippen MR) is 82.2 cm³/mol. The van der Waals surface area contributed by atoms with E-state index in [9.17, 15) is 14.7 Å². The highest BCUT2D eigenvalue weighted by atomic mass is 35.5. The third-order valence-corrected chi connectivity index (χ3v) is 3.09. The summed E-state index contributed by atoms with van der Waals surface area (Å²) >= 11 is 5.49. The number of aliphatic hydroxyl groups excluding tert-OH is 1. The molecular formula is C15H20ClNO4. The first kappa shape index (κ1) is 17.5. The van der Waals surface area contributed by atoms with Crippen molar-refractivity contribution < 1.29 is 19.4 Å². The number of aliphatic hydroxyl groups is 1. The van der Waals surface area contributed by atoms with Crippen LogP contribution in [0.1, 0.15) is 37.0 Å². The molecule has 1 atom stereocenters. The number of ether oxygens (including phenoxy) is 1. The molecule has 0 aromatic heterocycles. The molecule has 0 unspecified atom stereocenters. The summed E-state index contributed by atoms with van der Waals surface area (Å²) in [7, 11) is 0. The minimum absolute atomic E-state index is 0.00528. The summed E-state index contributed by atoms with van der Waals surface area (Å²) in [5, 5.41) is 12.1. The van der Waals surface area contributed by atoms with Gasteiger partial charge in [-0.1, -0.05) is 6.92 Å². The van der Waals surface area contributed by atoms with Crippen LogP contribution in [0.3, 0.4) is 0 Å². The van der Waals surface area contributed by atoms with Gasteiger partial charge in [-0.25, -0.2) is 0 Å². The first-order valence-corrected chi connectivity index (χ1v) is 7.33. The fourth-order valence-corrected chi connectivity index (χ4v) is 1.78. The number of carbonyl (C=O) groups is 2. The van der Waals surface area contributed by atoms with E-state index in [1.54, 1.807) is 18.2 Å². The SMILES string of the molecule is CCCC(=O)Nc1ccc(OC[C@H](O)CCl)c(C(C)=O)c1. The molecule has 0 radical (unpaired) electrons. The van der Waals surface area contributed by atoms with Gasteiger partial charge >= 0.3 is 0 Å². The highest BCUT2D eigenvalue weighted by molar-refractivity contribution is 6.18. The van der Waals surface area contributed by atoms with Gasteiger partial charge in [0.05, 0.1) is 11.4 Å². The second kappa shape index (κ2) is 8.64. The minimum atomic E-state index is -0.796. The van der Waals surface area contributed by atoms with E-state index < -0.39 is 6.10 Å². The molecule has 0 saturated heterocycles. The second-order valence-corrected chi connectivity index (χ2v) is 4.99. The van der Waals surface area contributed by atoms with E-state index >= 15 is 0 Å². The zero-order valence-corrected chi connectivity index (χ0v) is 12.9. The van der Waals surface area contributed by atoms with Crippen LogP contribution in [0.5, 0.6) is 5.75 Å². The molecule has 0 aliphatic rings. The Balaban J connectivity index is 2.86. The maximum atomic E-state index is 11.7. The normalized spacial score (nSPS) is 11.8. The molecule has 0 heterocycles. The van der Waals surface area contributed by atoms with Gasteiger partial charge in [-0.15, -0.1) is 11.6 Å². The summed E-state index contributed by atoms with van der Waals surface area (Å²) < 4.78 is 5.39. The molecule has 116 valence electrons. The van der Waals surface area contributed by atoms with E-state index in [0.29, 0.717) is 23.4 Å². The van der Waals surface area contributed by atoms with Crippen molar-refractivity contribution in [2.75, 3.05) is 17.8 Å². The van der Waals surface area contributed by atoms with Crippen LogP contribution in [0, 0.1) is 0 Å². The molecule has 0 bridgehead atoms. The van der Waals surface area contributed by atoms with Gasteiger partial charge in [-0.05, 0) is 31.5 Å². The number of alkyl halides is 1. The van der Waals surface area contributed by atoms with Crippen molar-refractivity contribution in [3.63, 3.8) is 0 Å². The molecule has 0 aliphatic carbocycles. The number of rotatable bonds is 8. The Morgan fingerprint density at radius 2 is 2.14 bits per heavy atom. The molecule has 0 aliphatic heterocycles. The number of amides is 1. The lowest BCUT2D eigenvalue weighted by molar-refractivity contribution is -0.116. The van der Waals surface area contributed by atoms with Crippen molar-refractivity contribution in [2.24, 2.45) is 0 Å². The number of anilines is 1. The van der Waals surface area contributed by atoms with E-state index in [1.807, 2.05) is 6.92 Å². The average molecular weight is 314 g/mol. The van der Waals surface area contributed by atoms with Crippen LogP contribution < -0.4 is 10.1 Å². The van der Waals surface area contributed by atoms with Crippen LogP contribution in [0.25, 0.3) is 0 Å². The summed E-state index contributed by atoms with van der Waals surface area (Å²) in [5.41, 5.74) is 0.898. The summed E-state index contributed by atoms with van der Waals surface area (Å²) in [6.07, 6.45) is 0.383. The fourth-order valence-electron chi connectivity index (χ4n) is 1.69. The van der Waals surface area contributed by atoms with E-state index in [4.69, 9.17) is 16.3 Å². The molecule has 2 N–H and O–H groups in total. The van der Waals surface area contributed by atoms with Crippen molar-refractivity contribution in [1.29, 1.82) is 0 Å². The first-order chi connectivity index (χ1) is 9.97. The van der Waals surface area contributed by atoms with Crippen LogP contribution in [-0.4, -0.2) is 35.4 Å². The Hall–Kier alpha value is -1.59. The standard InChI is InChI=1S/C15H20ClNO4/c1-3-4-15(20)17-11-5-6-14(13(7-11)10(2)18)21-9-12(19)8-16/h5-7,12,19H,3-4,8-9H2,1-2H3,(H,17,20)/t12-/m1/s1. The van der Waals surface area contributed by atoms with Gasteiger partial charge in [0.15, 0.2) is 5.78 Å². The van der Waals surface area contributed by atoms with Gasteiger partial charge in [0, 0.05) is 12.1 Å². The van der Waals surface area contributed by atoms with Crippen molar-refractivity contribution in [1.82, 2.24) is 0 Å². The highest BCUT2D eigenvalue weighted by Gasteiger charge is 2.12. The number of halogens is 1. The summed E-state index contributed by atoms with van der Waals surface area (Å²) in [4.78, 5) is 23.2. The third-order valence-electron chi connectivity index (χ3n) is 2.73. The molecular weight excluding hydrogens is 294 g/mol. The predicted octanol–water partition coefficient (Wildman–Crippen LogP) is 2.61. The smallest absolute Gasteiger partial charge is 0.224 e. The maximum Gasteiger partial charge on any atom is 0.224 e. The van der Waals surface area contributed by atoms with Gasteiger partial charge in [0.25, 0.3) is 0 Å². The van der Waals surface area contributed by atoms with Crippen LogP contribution >= 0.6 is 11.6 Å². The lowest BCUT2D eigenvalue weighted by atomic mass is 10.1. The van der Waals surface area contributed by atoms with Gasteiger partial charge in [0.2, 0.25) is 5.91 Å². The first-order valence-electron chi connectivity index (χ1n) is 6.79. The molecule has 6 heteroatoms. The lowest BCUT2D eigenvalue weighted by Crippen LogP contribution is -2.19. The summed E-state index contributed by atoms with van der Waals surface area (Å²) in [5.74, 6) is 0.135. The maximum absolute atomic E-state index is 11.7. The largest absolute Gasteiger partial charge is 0.490 e. The molecule has 1 aromatic carbocycles. The zero-order valence-electron chi connectivity index (χ0n) is 12.2. The molecule has 0 fully saturated rings. The van der Waals surface area contributed by atoms with Gasteiger partial charge in [0.1, 0.15) is 18.5 Å². The number of hydrogen-bond donors (Lipinski definition) is 2. The average Bonchev–Trinajstić information content (AvgIpc) is 2.45. The Morgan fingerprint density at radius 3 is 2.71 bits per heavy atom. The third kappa shape index (κ3) is 5.73. The number of Topliss-reactive ketones (excluding diaryl/α,β-unsaturated/α-hetero) is 1. The van der Waals surface area contributed by atoms with Crippen molar-refractivity contribution >= 4 is 29.0 Å². The van der Waals surface area contributed by atoms with E-state index in [-0.39, 0.29) is 24.2 Å². The van der Waals surface area contributed by atoms with Crippen molar-refractivity contribution in [3.05, 3.63) is 23.8 Å². The van der Waals surface area contributed by atoms with E-state index in [0.717, 1.165) is 6.42 Å². The zero-order chi connectivity index (χ0) is 15.8. The number of benzene rings is 1. The number of carbonyl (C=O) groups excluding carboxylic acids is 2. The van der Waals surface area contributed by atoms with Gasteiger partial charge in [-0.3, -0.25) is 9.59 Å². The molecule has 0 saturated carbocycles. The molecule has 21 heavy (non-hydrogen) atoms. The highest BCUT2D eigenvalue weighted by Crippen LogP contribution is 2.24. The second-order valence-electron chi connectivity index (χ2n) is 4.68. The number of ketones is 1. The monoisotopic (exact) mass is 313 g/mol. The summed E-state index contributed by atoms with van der Waals surface area (Å²) in [6, 6.07) is 4.82. The molecule has 1 rings (SSSR count). The minimum Gasteiger partial charge on any atom is -0.490 e. The van der Waals surface area contributed by atoms with Crippen molar-refractivity contribution in [2.45, 2.75) is 32.8 Å². The fraction of sp³-hybridized carbons (Fsp3) is 0.467. The van der Waals surface area contributed by atoms with Crippen LogP contribution in [0.15, 0.2) is 18.2 Å². The summed E-state index contributed by atoms with van der Waals surface area (Å²) in [6.45, 7) is 3.34. The van der Waals surface area contributed by atoms with Gasteiger partial charge < -0.3 is 15.2 Å². The topological polar surface area (TPSA) is 75.6 Å². The quantitative estimate of drug-likeness (QED) is 0.571. The Morgan fingerprint density at radius 1 is 1.43 bits per heavy atom. The lowest BCUT2D eigenvalue weighted by Gasteiger charge is -2.14. The van der Waals surface area contributed by atoms with Crippen LogP contribution in [0.2, 0.25) is 0 Å². The number of hydrogen-bond acceptors (Lipinski definition) is 4. The molecule has 0 spiro atoms. The van der Waals surface area contributed by atoms with Gasteiger partial charge in [-0.2, -0.15) is 0 Å². The Labute approximate surface area is 129 Å². The molecule has 1 amide bonds. The van der Waals surface area contributed by atoms with E-state index in [1.165, 1.54) is 6.92 Å². The van der Waals surface area contributed by atoms with E-state index in [2.05, 4.69) is 5.32 Å². The number of nitrogens with one attached hydrogen (secondary N) is 1. The molecule has 5 nitrogen and oxygen atoms in total. The van der Waals surface area contributed by atoms with Crippen LogP contribution in [-0.2, 0) is 4.79 Å². The van der Waals surface area contributed by atoms with Crippen molar-refractivity contribution in [3.8, 4) is 5.75 Å². The Bertz CT molecular complexity index is 504. The van der Waals surface area contributed by atoms with Crippen LogP contribution in [0.4, 0.5) is 5.69 Å².